The van der Waals surface area contributed by atoms with E-state index in [0.717, 1.165) is 29.6 Å². The highest BCUT2D eigenvalue weighted by molar-refractivity contribution is 5.78. The minimum Gasteiger partial charge on any atom is -0.459 e. The first-order valence-electron chi connectivity index (χ1n) is 8.56. The van der Waals surface area contributed by atoms with E-state index in [1.807, 2.05) is 49.2 Å². The average molecular weight is 314 g/mol. The van der Waals surface area contributed by atoms with Crippen LogP contribution in [0.25, 0.3) is 11.0 Å². The second kappa shape index (κ2) is 6.65. The van der Waals surface area contributed by atoms with Crippen LogP contribution in [0.15, 0.2) is 34.7 Å². The minimum absolute atomic E-state index is 0.0166. The lowest BCUT2D eigenvalue weighted by atomic mass is 9.86. The lowest BCUT2D eigenvalue weighted by molar-refractivity contribution is 0.157. The Bertz CT molecular complexity index is 646. The molecule has 1 aliphatic carbocycles. The van der Waals surface area contributed by atoms with Crippen LogP contribution < -0.4 is 5.32 Å². The van der Waals surface area contributed by atoms with Gasteiger partial charge in [0, 0.05) is 18.5 Å². The van der Waals surface area contributed by atoms with Gasteiger partial charge in [0.2, 0.25) is 0 Å². The zero-order chi connectivity index (χ0) is 16.4. The van der Waals surface area contributed by atoms with Crippen molar-refractivity contribution in [3.8, 4) is 0 Å². The van der Waals surface area contributed by atoms with Gasteiger partial charge in [0.25, 0.3) is 0 Å². The molecule has 4 heteroatoms. The van der Waals surface area contributed by atoms with Crippen LogP contribution in [0.4, 0.5) is 4.79 Å². The number of carbonyl (C=O) groups excluding carboxylic acids is 1. The standard InChI is InChI=1S/C19H26N2O2/c1-13-7-6-9-16(11-13)21(3)19(22)20-14(2)18-12-15-8-4-5-10-17(15)23-18/h4-5,8,10,12-14,16H,6-7,9,11H2,1-3H3,(H,20,22). The summed E-state index contributed by atoms with van der Waals surface area (Å²) in [7, 11) is 1.91. The highest BCUT2D eigenvalue weighted by atomic mass is 16.3. The molecule has 0 saturated heterocycles. The summed E-state index contributed by atoms with van der Waals surface area (Å²) in [5, 5.41) is 4.13. The van der Waals surface area contributed by atoms with Gasteiger partial charge in [-0.3, -0.25) is 0 Å². The van der Waals surface area contributed by atoms with Gasteiger partial charge in [-0.25, -0.2) is 4.79 Å². The molecule has 2 aromatic rings. The zero-order valence-corrected chi connectivity index (χ0v) is 14.2. The molecule has 1 heterocycles. The molecular weight excluding hydrogens is 288 g/mol. The molecule has 3 atom stereocenters. The number of urea groups is 1. The predicted octanol–water partition coefficient (Wildman–Crippen LogP) is 4.71. The van der Waals surface area contributed by atoms with E-state index in [9.17, 15) is 4.79 Å². The molecule has 1 aromatic carbocycles. The molecule has 3 unspecified atom stereocenters. The van der Waals surface area contributed by atoms with E-state index in [-0.39, 0.29) is 12.1 Å². The number of fused-ring (bicyclic) bond motifs is 1. The summed E-state index contributed by atoms with van der Waals surface area (Å²) < 4.78 is 5.84. The van der Waals surface area contributed by atoms with Crippen molar-refractivity contribution in [2.75, 3.05) is 7.05 Å². The fourth-order valence-electron chi connectivity index (χ4n) is 3.49. The second-order valence-corrected chi connectivity index (χ2v) is 6.89. The summed E-state index contributed by atoms with van der Waals surface area (Å²) in [6, 6.07) is 10.1. The molecule has 0 radical (unpaired) electrons. The minimum atomic E-state index is -0.140. The average Bonchev–Trinajstić information content (AvgIpc) is 2.98. The van der Waals surface area contributed by atoms with Crippen LogP contribution in [-0.2, 0) is 0 Å². The molecule has 23 heavy (non-hydrogen) atoms. The maximum Gasteiger partial charge on any atom is 0.317 e. The fourth-order valence-corrected chi connectivity index (χ4v) is 3.49. The van der Waals surface area contributed by atoms with Gasteiger partial charge in [0.05, 0.1) is 6.04 Å². The molecule has 3 rings (SSSR count). The molecular formula is C19H26N2O2. The van der Waals surface area contributed by atoms with Crippen LogP contribution >= 0.6 is 0 Å². The van der Waals surface area contributed by atoms with Crippen molar-refractivity contribution in [3.05, 3.63) is 36.1 Å². The Morgan fingerprint density at radius 1 is 1.35 bits per heavy atom. The van der Waals surface area contributed by atoms with Gasteiger partial charge >= 0.3 is 6.03 Å². The summed E-state index contributed by atoms with van der Waals surface area (Å²) in [5.74, 6) is 1.50. The Balaban J connectivity index is 1.64. The number of carbonyl (C=O) groups is 1. The second-order valence-electron chi connectivity index (χ2n) is 6.89. The van der Waals surface area contributed by atoms with Gasteiger partial charge < -0.3 is 14.6 Å². The topological polar surface area (TPSA) is 45.5 Å². The third-order valence-corrected chi connectivity index (χ3v) is 4.99. The number of nitrogens with zero attached hydrogens (tertiary/aromatic N) is 1. The van der Waals surface area contributed by atoms with Crippen molar-refractivity contribution in [1.82, 2.24) is 10.2 Å². The molecule has 1 aliphatic rings. The van der Waals surface area contributed by atoms with E-state index in [1.165, 1.54) is 12.8 Å². The van der Waals surface area contributed by atoms with Crippen molar-refractivity contribution in [1.29, 1.82) is 0 Å². The first kappa shape index (κ1) is 15.9. The number of nitrogens with one attached hydrogen (secondary N) is 1. The molecule has 1 N–H and O–H groups in total. The van der Waals surface area contributed by atoms with Crippen molar-refractivity contribution < 1.29 is 9.21 Å². The predicted molar refractivity (Wildman–Crippen MR) is 92.3 cm³/mol. The molecule has 1 aromatic heterocycles. The van der Waals surface area contributed by atoms with Crippen LogP contribution in [0.5, 0.6) is 0 Å². The van der Waals surface area contributed by atoms with Crippen LogP contribution in [0.1, 0.15) is 51.3 Å². The van der Waals surface area contributed by atoms with E-state index in [2.05, 4.69) is 12.2 Å². The molecule has 0 spiro atoms. The number of para-hydroxylation sites is 1. The van der Waals surface area contributed by atoms with Crippen LogP contribution in [-0.4, -0.2) is 24.0 Å². The van der Waals surface area contributed by atoms with Gasteiger partial charge in [-0.05, 0) is 37.8 Å². The first-order chi connectivity index (χ1) is 11.0. The summed E-state index contributed by atoms with van der Waals surface area (Å²) in [4.78, 5) is 14.4. The van der Waals surface area contributed by atoms with Gasteiger partial charge in [0.15, 0.2) is 0 Å². The Labute approximate surface area is 137 Å². The Kier molecular flexibility index (Phi) is 4.60. The molecule has 0 aliphatic heterocycles. The lowest BCUT2D eigenvalue weighted by Gasteiger charge is -2.34. The first-order valence-corrected chi connectivity index (χ1v) is 8.56. The number of benzene rings is 1. The zero-order valence-electron chi connectivity index (χ0n) is 14.2. The number of rotatable bonds is 3. The van der Waals surface area contributed by atoms with Crippen molar-refractivity contribution in [2.24, 2.45) is 5.92 Å². The number of hydrogen-bond acceptors (Lipinski definition) is 2. The van der Waals surface area contributed by atoms with E-state index in [1.54, 1.807) is 0 Å². The molecule has 0 bridgehead atoms. The Morgan fingerprint density at radius 2 is 2.13 bits per heavy atom. The van der Waals surface area contributed by atoms with E-state index < -0.39 is 0 Å². The van der Waals surface area contributed by atoms with Crippen molar-refractivity contribution in [2.45, 2.75) is 51.6 Å². The summed E-state index contributed by atoms with van der Waals surface area (Å²) in [6.07, 6.45) is 4.69. The van der Waals surface area contributed by atoms with Gasteiger partial charge in [-0.2, -0.15) is 0 Å². The summed E-state index contributed by atoms with van der Waals surface area (Å²) in [6.45, 7) is 4.24. The molecule has 1 fully saturated rings. The molecule has 1 saturated carbocycles. The summed E-state index contributed by atoms with van der Waals surface area (Å²) >= 11 is 0. The highest BCUT2D eigenvalue weighted by Gasteiger charge is 2.26. The highest BCUT2D eigenvalue weighted by Crippen LogP contribution is 2.27. The monoisotopic (exact) mass is 314 g/mol. The smallest absolute Gasteiger partial charge is 0.317 e. The van der Waals surface area contributed by atoms with Crippen molar-refractivity contribution in [3.63, 3.8) is 0 Å². The molecule has 4 nitrogen and oxygen atoms in total. The van der Waals surface area contributed by atoms with Gasteiger partial charge in [-0.15, -0.1) is 0 Å². The largest absolute Gasteiger partial charge is 0.459 e. The fraction of sp³-hybridized carbons (Fsp3) is 0.526. The van der Waals surface area contributed by atoms with Crippen molar-refractivity contribution >= 4 is 17.0 Å². The van der Waals surface area contributed by atoms with E-state index in [0.29, 0.717) is 12.0 Å². The van der Waals surface area contributed by atoms with Crippen LogP contribution in [0, 0.1) is 5.92 Å². The van der Waals surface area contributed by atoms with Crippen LogP contribution in [0.3, 0.4) is 0 Å². The SMILES string of the molecule is CC1CCCC(N(C)C(=O)NC(C)c2cc3ccccc3o2)C1. The normalized spacial score (nSPS) is 22.7. The maximum absolute atomic E-state index is 12.5. The van der Waals surface area contributed by atoms with Gasteiger partial charge in [-0.1, -0.05) is 38.0 Å². The van der Waals surface area contributed by atoms with Crippen LogP contribution in [0.2, 0.25) is 0 Å². The summed E-state index contributed by atoms with van der Waals surface area (Å²) in [5.41, 5.74) is 0.859. The number of amides is 2. The lowest BCUT2D eigenvalue weighted by Crippen LogP contribution is -2.45. The number of hydrogen-bond donors (Lipinski definition) is 1. The molecule has 124 valence electrons. The molecule has 2 amide bonds. The Morgan fingerprint density at radius 3 is 2.87 bits per heavy atom. The quantitative estimate of drug-likeness (QED) is 0.891. The third kappa shape index (κ3) is 3.52. The van der Waals surface area contributed by atoms with Gasteiger partial charge in [0.1, 0.15) is 11.3 Å². The Hall–Kier alpha value is -1.97. The van der Waals surface area contributed by atoms with E-state index >= 15 is 0 Å². The number of furan rings is 1. The third-order valence-electron chi connectivity index (χ3n) is 4.99. The van der Waals surface area contributed by atoms with E-state index in [4.69, 9.17) is 4.42 Å². The maximum atomic E-state index is 12.5.